The lowest BCUT2D eigenvalue weighted by Crippen LogP contribution is -2.34. The zero-order valence-electron chi connectivity index (χ0n) is 12.1. The molecule has 118 valence electrons. The Kier molecular flexibility index (Phi) is 4.38. The molecule has 0 aromatic carbocycles. The van der Waals surface area contributed by atoms with Crippen molar-refractivity contribution in [3.05, 3.63) is 22.9 Å². The van der Waals surface area contributed by atoms with Crippen LogP contribution in [0.2, 0.25) is 5.22 Å². The number of carbonyl (C=O) groups excluding carboxylic acids is 1. The second kappa shape index (κ2) is 6.44. The molecule has 1 amide bonds. The summed E-state index contributed by atoms with van der Waals surface area (Å²) in [5, 5.41) is 7.06. The van der Waals surface area contributed by atoms with E-state index in [1.165, 1.54) is 12.8 Å². The molecule has 3 rings (SSSR count). The molecular weight excluding hydrogens is 306 g/mol. The number of amides is 1. The van der Waals surface area contributed by atoms with Crippen LogP contribution < -0.4 is 11.1 Å². The minimum absolute atomic E-state index is 0.0198. The zero-order chi connectivity index (χ0) is 15.5. The van der Waals surface area contributed by atoms with Crippen LogP contribution in [-0.4, -0.2) is 17.1 Å². The second-order valence-electron chi connectivity index (χ2n) is 5.54. The molecule has 2 aromatic heterocycles. The van der Waals surface area contributed by atoms with Crippen LogP contribution in [0.5, 0.6) is 0 Å². The molecular formula is C15H18ClN3O3. The summed E-state index contributed by atoms with van der Waals surface area (Å²) in [7, 11) is 0. The van der Waals surface area contributed by atoms with Crippen molar-refractivity contribution in [3.8, 4) is 11.5 Å². The minimum Gasteiger partial charge on any atom is -0.443 e. The SMILES string of the molecule is Nc1onc(-c2ccc(Cl)o2)c1C(=O)NC1CCCCCC1. The fourth-order valence-corrected chi connectivity index (χ4v) is 2.96. The van der Waals surface area contributed by atoms with E-state index in [1.807, 2.05) is 0 Å². The minimum atomic E-state index is -0.284. The molecule has 1 fully saturated rings. The zero-order valence-corrected chi connectivity index (χ0v) is 12.9. The van der Waals surface area contributed by atoms with Gasteiger partial charge in [-0.05, 0) is 36.6 Å². The fourth-order valence-electron chi connectivity index (χ4n) is 2.81. The Morgan fingerprint density at radius 3 is 2.64 bits per heavy atom. The van der Waals surface area contributed by atoms with Crippen LogP contribution in [0.25, 0.3) is 11.5 Å². The quantitative estimate of drug-likeness (QED) is 0.841. The van der Waals surface area contributed by atoms with Crippen molar-refractivity contribution in [1.82, 2.24) is 10.5 Å². The molecule has 2 heterocycles. The molecule has 0 bridgehead atoms. The highest BCUT2D eigenvalue weighted by molar-refractivity contribution is 6.29. The van der Waals surface area contributed by atoms with Crippen molar-refractivity contribution in [2.24, 2.45) is 0 Å². The molecule has 2 aromatic rings. The van der Waals surface area contributed by atoms with E-state index >= 15 is 0 Å². The maximum absolute atomic E-state index is 12.5. The van der Waals surface area contributed by atoms with Gasteiger partial charge >= 0.3 is 0 Å². The molecule has 0 aliphatic heterocycles. The number of aromatic nitrogens is 1. The summed E-state index contributed by atoms with van der Waals surface area (Å²) < 4.78 is 10.2. The van der Waals surface area contributed by atoms with Crippen molar-refractivity contribution in [1.29, 1.82) is 0 Å². The van der Waals surface area contributed by atoms with Gasteiger partial charge in [0, 0.05) is 6.04 Å². The average molecular weight is 324 g/mol. The number of nitrogens with two attached hydrogens (primary N) is 1. The van der Waals surface area contributed by atoms with Crippen molar-refractivity contribution in [2.45, 2.75) is 44.6 Å². The summed E-state index contributed by atoms with van der Waals surface area (Å²) in [6, 6.07) is 3.37. The van der Waals surface area contributed by atoms with Crippen molar-refractivity contribution < 1.29 is 13.7 Å². The molecule has 3 N–H and O–H groups in total. The Balaban J connectivity index is 1.81. The molecule has 1 aliphatic carbocycles. The third kappa shape index (κ3) is 3.11. The summed E-state index contributed by atoms with van der Waals surface area (Å²) in [6.07, 6.45) is 6.67. The molecule has 0 atom stereocenters. The first-order valence-electron chi connectivity index (χ1n) is 7.47. The van der Waals surface area contributed by atoms with Crippen LogP contribution in [0.4, 0.5) is 5.88 Å². The molecule has 0 unspecified atom stereocenters. The highest BCUT2D eigenvalue weighted by Gasteiger charge is 2.26. The maximum Gasteiger partial charge on any atom is 0.259 e. The average Bonchev–Trinajstić information content (AvgIpc) is 2.98. The van der Waals surface area contributed by atoms with E-state index < -0.39 is 0 Å². The molecule has 7 heteroatoms. The first-order valence-corrected chi connectivity index (χ1v) is 7.84. The van der Waals surface area contributed by atoms with Gasteiger partial charge in [0.05, 0.1) is 0 Å². The van der Waals surface area contributed by atoms with E-state index in [0.29, 0.717) is 5.76 Å². The summed E-state index contributed by atoms with van der Waals surface area (Å²) in [5.74, 6) is 0.0540. The second-order valence-corrected chi connectivity index (χ2v) is 5.91. The third-order valence-electron chi connectivity index (χ3n) is 3.94. The van der Waals surface area contributed by atoms with Crippen LogP contribution >= 0.6 is 11.6 Å². The Morgan fingerprint density at radius 1 is 1.27 bits per heavy atom. The highest BCUT2D eigenvalue weighted by atomic mass is 35.5. The van der Waals surface area contributed by atoms with Crippen LogP contribution in [0.1, 0.15) is 48.9 Å². The van der Waals surface area contributed by atoms with Gasteiger partial charge in [0.15, 0.2) is 16.7 Å². The standard InChI is InChI=1S/C15H18ClN3O3/c16-11-8-7-10(21-11)13-12(14(17)22-19-13)15(20)18-9-5-3-1-2-4-6-9/h7-9H,1-6,17H2,(H,18,20). The molecule has 0 spiro atoms. The fraction of sp³-hybridized carbons (Fsp3) is 0.467. The molecule has 22 heavy (non-hydrogen) atoms. The van der Waals surface area contributed by atoms with Gasteiger partial charge in [0.1, 0.15) is 5.56 Å². The van der Waals surface area contributed by atoms with Gasteiger partial charge in [-0.25, -0.2) is 0 Å². The Hall–Kier alpha value is -1.95. The van der Waals surface area contributed by atoms with Gasteiger partial charge in [0.25, 0.3) is 5.91 Å². The van der Waals surface area contributed by atoms with Crippen LogP contribution in [0.3, 0.4) is 0 Å². The third-order valence-corrected chi connectivity index (χ3v) is 4.15. The number of nitrogens with zero attached hydrogens (tertiary/aromatic N) is 1. The van der Waals surface area contributed by atoms with Gasteiger partial charge in [-0.15, -0.1) is 0 Å². The first kappa shape index (κ1) is 15.0. The molecule has 6 nitrogen and oxygen atoms in total. The first-order chi connectivity index (χ1) is 10.6. The maximum atomic E-state index is 12.5. The van der Waals surface area contributed by atoms with Crippen LogP contribution in [0.15, 0.2) is 21.1 Å². The molecule has 1 saturated carbocycles. The van der Waals surface area contributed by atoms with Crippen LogP contribution in [-0.2, 0) is 0 Å². The normalized spacial score (nSPS) is 16.4. The van der Waals surface area contributed by atoms with E-state index in [4.69, 9.17) is 26.3 Å². The van der Waals surface area contributed by atoms with Crippen molar-refractivity contribution in [2.75, 3.05) is 5.73 Å². The van der Waals surface area contributed by atoms with E-state index in [9.17, 15) is 4.79 Å². The monoisotopic (exact) mass is 323 g/mol. The van der Waals surface area contributed by atoms with E-state index in [1.54, 1.807) is 12.1 Å². The summed E-state index contributed by atoms with van der Waals surface area (Å²) in [5.41, 5.74) is 6.24. The van der Waals surface area contributed by atoms with Gasteiger partial charge in [-0.1, -0.05) is 30.8 Å². The lowest BCUT2D eigenvalue weighted by atomic mass is 10.1. The number of halogens is 1. The lowest BCUT2D eigenvalue weighted by Gasteiger charge is -2.15. The van der Waals surface area contributed by atoms with Gasteiger partial charge in [-0.2, -0.15) is 0 Å². The lowest BCUT2D eigenvalue weighted by molar-refractivity contribution is 0.0934. The highest BCUT2D eigenvalue weighted by Crippen LogP contribution is 2.30. The Morgan fingerprint density at radius 2 is 2.00 bits per heavy atom. The number of anilines is 1. The van der Waals surface area contributed by atoms with Gasteiger partial charge in [0.2, 0.25) is 5.88 Å². The van der Waals surface area contributed by atoms with Gasteiger partial charge < -0.3 is 20.0 Å². The largest absolute Gasteiger partial charge is 0.443 e. The summed E-state index contributed by atoms with van der Waals surface area (Å²) >= 11 is 5.77. The number of rotatable bonds is 3. The molecule has 1 aliphatic rings. The molecule has 0 saturated heterocycles. The van der Waals surface area contributed by atoms with Gasteiger partial charge in [-0.3, -0.25) is 4.79 Å². The number of nitrogen functional groups attached to an aromatic ring is 1. The van der Waals surface area contributed by atoms with Crippen LogP contribution in [0, 0.1) is 0 Å². The number of carbonyl (C=O) groups is 1. The number of furan rings is 1. The van der Waals surface area contributed by atoms with Crippen molar-refractivity contribution >= 4 is 23.4 Å². The summed E-state index contributed by atoms with van der Waals surface area (Å²) in [6.45, 7) is 0. The number of hydrogen-bond acceptors (Lipinski definition) is 5. The number of nitrogens with one attached hydrogen (secondary N) is 1. The van der Waals surface area contributed by atoms with E-state index in [-0.39, 0.29) is 34.3 Å². The molecule has 0 radical (unpaired) electrons. The topological polar surface area (TPSA) is 94.3 Å². The predicted octanol–water partition coefficient (Wildman–Crippen LogP) is 3.62. The smallest absolute Gasteiger partial charge is 0.259 e. The summed E-state index contributed by atoms with van der Waals surface area (Å²) in [4.78, 5) is 12.5. The van der Waals surface area contributed by atoms with E-state index in [0.717, 1.165) is 25.7 Å². The Labute approximate surface area is 133 Å². The predicted molar refractivity (Wildman–Crippen MR) is 82.6 cm³/mol. The number of hydrogen-bond donors (Lipinski definition) is 2. The van der Waals surface area contributed by atoms with Crippen molar-refractivity contribution in [3.63, 3.8) is 0 Å². The van der Waals surface area contributed by atoms with E-state index in [2.05, 4.69) is 10.5 Å². The Bertz CT molecular complexity index is 657.